The van der Waals surface area contributed by atoms with Gasteiger partial charge in [-0.05, 0) is 49.0 Å². The third kappa shape index (κ3) is 5.25. The Morgan fingerprint density at radius 2 is 1.76 bits per heavy atom. The van der Waals surface area contributed by atoms with Crippen molar-refractivity contribution >= 4 is 52.1 Å². The number of nitrogens with zero attached hydrogens (tertiary/aromatic N) is 2. The van der Waals surface area contributed by atoms with Crippen LogP contribution in [0.2, 0.25) is 5.02 Å². The van der Waals surface area contributed by atoms with Crippen molar-refractivity contribution in [2.24, 2.45) is 0 Å². The summed E-state index contributed by atoms with van der Waals surface area (Å²) in [6, 6.07) is 12.9. The fourth-order valence-corrected chi connectivity index (χ4v) is 3.56. The number of carbonyl (C=O) groups is 2. The molecule has 2 N–H and O–H groups in total. The van der Waals surface area contributed by atoms with Crippen LogP contribution in [0.15, 0.2) is 42.5 Å². The van der Waals surface area contributed by atoms with Crippen molar-refractivity contribution in [1.29, 1.82) is 0 Å². The highest BCUT2D eigenvalue weighted by molar-refractivity contribution is 7.80. The van der Waals surface area contributed by atoms with E-state index in [0.29, 0.717) is 23.7 Å². The topological polar surface area (TPSA) is 64.7 Å². The Balaban J connectivity index is 1.66. The standard InChI is InChI=1S/C21H23ClN4O2S/c1-14-7-8-16(13-17(14)22)20(28)24-21(29)23-18-5-3-4-6-19(18)26-11-9-25(10-12-26)15(2)27/h3-8,13H,9-12H2,1-2H3,(H2,23,24,28,29). The predicted molar refractivity (Wildman–Crippen MR) is 121 cm³/mol. The lowest BCUT2D eigenvalue weighted by molar-refractivity contribution is -0.129. The van der Waals surface area contributed by atoms with Gasteiger partial charge in [-0.1, -0.05) is 29.8 Å². The molecule has 0 unspecified atom stereocenters. The Kier molecular flexibility index (Phi) is 6.71. The number of carbonyl (C=O) groups excluding carboxylic acids is 2. The van der Waals surface area contributed by atoms with Gasteiger partial charge in [-0.25, -0.2) is 0 Å². The molecule has 1 aliphatic heterocycles. The number of nitrogens with one attached hydrogen (secondary N) is 2. The first-order valence-corrected chi connectivity index (χ1v) is 10.1. The zero-order valence-corrected chi connectivity index (χ0v) is 17.9. The molecule has 6 nitrogen and oxygen atoms in total. The SMILES string of the molecule is CC(=O)N1CCN(c2ccccc2NC(=S)NC(=O)c2ccc(C)c(Cl)c2)CC1. The molecule has 1 aliphatic rings. The van der Waals surface area contributed by atoms with Gasteiger partial charge in [0.25, 0.3) is 5.91 Å². The number of hydrogen-bond acceptors (Lipinski definition) is 4. The van der Waals surface area contributed by atoms with Crippen LogP contribution in [-0.4, -0.2) is 48.0 Å². The van der Waals surface area contributed by atoms with E-state index in [1.807, 2.05) is 36.1 Å². The molecule has 2 aromatic rings. The number of aryl methyl sites for hydroxylation is 1. The van der Waals surface area contributed by atoms with Crippen molar-refractivity contribution < 1.29 is 9.59 Å². The smallest absolute Gasteiger partial charge is 0.257 e. The first kappa shape index (κ1) is 21.1. The maximum atomic E-state index is 12.5. The number of hydrogen-bond donors (Lipinski definition) is 2. The summed E-state index contributed by atoms with van der Waals surface area (Å²) >= 11 is 11.4. The summed E-state index contributed by atoms with van der Waals surface area (Å²) in [6.07, 6.45) is 0. The van der Waals surface area contributed by atoms with Gasteiger partial charge in [-0.15, -0.1) is 0 Å². The lowest BCUT2D eigenvalue weighted by Gasteiger charge is -2.36. The number of amides is 2. The Labute approximate surface area is 180 Å². The van der Waals surface area contributed by atoms with Gasteiger partial charge in [0.2, 0.25) is 5.91 Å². The fraction of sp³-hybridized carbons (Fsp3) is 0.286. The molecule has 2 amide bonds. The molecular formula is C21H23ClN4O2S. The molecule has 152 valence electrons. The average Bonchev–Trinajstić information content (AvgIpc) is 2.70. The van der Waals surface area contributed by atoms with Crippen molar-refractivity contribution in [3.8, 4) is 0 Å². The largest absolute Gasteiger partial charge is 0.366 e. The van der Waals surface area contributed by atoms with Crippen molar-refractivity contribution in [3.05, 3.63) is 58.6 Å². The van der Waals surface area contributed by atoms with E-state index in [1.54, 1.807) is 25.1 Å². The van der Waals surface area contributed by atoms with E-state index < -0.39 is 0 Å². The number of para-hydroxylation sites is 2. The molecule has 2 aromatic carbocycles. The molecule has 0 aliphatic carbocycles. The van der Waals surface area contributed by atoms with E-state index in [0.717, 1.165) is 30.0 Å². The summed E-state index contributed by atoms with van der Waals surface area (Å²) in [5.74, 6) is -0.229. The Morgan fingerprint density at radius 1 is 1.07 bits per heavy atom. The van der Waals surface area contributed by atoms with Crippen molar-refractivity contribution in [2.45, 2.75) is 13.8 Å². The molecule has 3 rings (SSSR count). The van der Waals surface area contributed by atoms with Crippen molar-refractivity contribution in [2.75, 3.05) is 36.4 Å². The monoisotopic (exact) mass is 430 g/mol. The maximum Gasteiger partial charge on any atom is 0.257 e. The molecule has 8 heteroatoms. The number of benzene rings is 2. The lowest BCUT2D eigenvalue weighted by atomic mass is 10.1. The van der Waals surface area contributed by atoms with E-state index in [4.69, 9.17) is 23.8 Å². The Bertz CT molecular complexity index is 942. The minimum Gasteiger partial charge on any atom is -0.366 e. The highest BCUT2D eigenvalue weighted by Crippen LogP contribution is 2.26. The van der Waals surface area contributed by atoms with Crippen LogP contribution in [0.3, 0.4) is 0 Å². The first-order chi connectivity index (χ1) is 13.8. The van der Waals surface area contributed by atoms with Crippen molar-refractivity contribution in [3.63, 3.8) is 0 Å². The average molecular weight is 431 g/mol. The number of halogens is 1. The molecule has 1 fully saturated rings. The minimum atomic E-state index is -0.322. The van der Waals surface area contributed by atoms with Gasteiger partial charge in [-0.3, -0.25) is 14.9 Å². The van der Waals surface area contributed by atoms with Crippen LogP contribution >= 0.6 is 23.8 Å². The normalized spacial score (nSPS) is 13.8. The Morgan fingerprint density at radius 3 is 2.41 bits per heavy atom. The van der Waals surface area contributed by atoms with Crippen LogP contribution in [0.25, 0.3) is 0 Å². The summed E-state index contributed by atoms with van der Waals surface area (Å²) in [4.78, 5) is 28.0. The van der Waals surface area contributed by atoms with Crippen molar-refractivity contribution in [1.82, 2.24) is 10.2 Å². The molecule has 0 aromatic heterocycles. The van der Waals surface area contributed by atoms with Crippen LogP contribution in [0.1, 0.15) is 22.8 Å². The van der Waals surface area contributed by atoms with Crippen LogP contribution in [0.4, 0.5) is 11.4 Å². The minimum absolute atomic E-state index is 0.0937. The van der Waals surface area contributed by atoms with Gasteiger partial charge in [0, 0.05) is 43.7 Å². The van der Waals surface area contributed by atoms with Gasteiger partial charge in [0.1, 0.15) is 0 Å². The van der Waals surface area contributed by atoms with Gasteiger partial charge in [0.15, 0.2) is 5.11 Å². The van der Waals surface area contributed by atoms with Gasteiger partial charge >= 0.3 is 0 Å². The van der Waals surface area contributed by atoms with Crippen LogP contribution in [0.5, 0.6) is 0 Å². The fourth-order valence-electron chi connectivity index (χ4n) is 3.18. The maximum absolute atomic E-state index is 12.5. The molecule has 0 radical (unpaired) electrons. The summed E-state index contributed by atoms with van der Waals surface area (Å²) in [7, 11) is 0. The second-order valence-corrected chi connectivity index (χ2v) is 7.70. The van der Waals surface area contributed by atoms with Crippen LogP contribution in [0, 0.1) is 6.92 Å². The van der Waals surface area contributed by atoms with Crippen LogP contribution < -0.4 is 15.5 Å². The summed E-state index contributed by atoms with van der Waals surface area (Å²) in [6.45, 7) is 6.30. The third-order valence-corrected chi connectivity index (χ3v) is 5.49. The van der Waals surface area contributed by atoms with Gasteiger partial charge < -0.3 is 15.1 Å². The summed E-state index contributed by atoms with van der Waals surface area (Å²) in [5, 5.41) is 6.55. The molecule has 0 bridgehead atoms. The highest BCUT2D eigenvalue weighted by Gasteiger charge is 2.21. The van der Waals surface area contributed by atoms with E-state index in [-0.39, 0.29) is 16.9 Å². The number of piperazine rings is 1. The zero-order chi connectivity index (χ0) is 21.0. The predicted octanol–water partition coefficient (Wildman–Crippen LogP) is 3.44. The summed E-state index contributed by atoms with van der Waals surface area (Å²) < 4.78 is 0. The lowest BCUT2D eigenvalue weighted by Crippen LogP contribution is -2.48. The Hall–Kier alpha value is -2.64. The van der Waals surface area contributed by atoms with E-state index in [1.165, 1.54) is 0 Å². The molecular weight excluding hydrogens is 408 g/mol. The molecule has 0 saturated carbocycles. The van der Waals surface area contributed by atoms with Gasteiger partial charge in [0.05, 0.1) is 11.4 Å². The molecule has 29 heavy (non-hydrogen) atoms. The molecule has 0 spiro atoms. The number of anilines is 2. The van der Waals surface area contributed by atoms with E-state index >= 15 is 0 Å². The van der Waals surface area contributed by atoms with E-state index in [9.17, 15) is 9.59 Å². The second kappa shape index (κ2) is 9.24. The van der Waals surface area contributed by atoms with Gasteiger partial charge in [-0.2, -0.15) is 0 Å². The first-order valence-electron chi connectivity index (χ1n) is 9.33. The van der Waals surface area contributed by atoms with Crippen LogP contribution in [-0.2, 0) is 4.79 Å². The number of thiocarbonyl (C=S) groups is 1. The number of rotatable bonds is 3. The zero-order valence-electron chi connectivity index (χ0n) is 16.4. The third-order valence-electron chi connectivity index (χ3n) is 4.88. The highest BCUT2D eigenvalue weighted by atomic mass is 35.5. The summed E-state index contributed by atoms with van der Waals surface area (Å²) in [5.41, 5.74) is 3.13. The molecule has 0 atom stereocenters. The second-order valence-electron chi connectivity index (χ2n) is 6.88. The van der Waals surface area contributed by atoms with E-state index in [2.05, 4.69) is 15.5 Å². The molecule has 1 saturated heterocycles. The molecule has 1 heterocycles. The quantitative estimate of drug-likeness (QED) is 0.730.